The molecule has 0 spiro atoms. The molecule has 0 aliphatic carbocycles. The zero-order valence-electron chi connectivity index (χ0n) is 16.9. The first kappa shape index (κ1) is 21.1. The van der Waals surface area contributed by atoms with E-state index in [1.54, 1.807) is 23.1 Å². The lowest BCUT2D eigenvalue weighted by Crippen LogP contribution is -2.35. The van der Waals surface area contributed by atoms with E-state index in [0.717, 1.165) is 11.1 Å². The monoisotopic (exact) mass is 402 g/mol. The van der Waals surface area contributed by atoms with Crippen molar-refractivity contribution in [1.82, 2.24) is 4.90 Å². The van der Waals surface area contributed by atoms with Gasteiger partial charge in [0.05, 0.1) is 0 Å². The number of primary amides is 1. The van der Waals surface area contributed by atoms with Gasteiger partial charge < -0.3 is 15.4 Å². The van der Waals surface area contributed by atoms with E-state index >= 15 is 0 Å². The zero-order chi connectivity index (χ0) is 21.2. The molecule has 3 rings (SSSR count). The third kappa shape index (κ3) is 6.48. The van der Waals surface area contributed by atoms with Gasteiger partial charge in [-0.05, 0) is 35.7 Å². The number of nitrogens with two attached hydrogens (primary N) is 1. The Kier molecular flexibility index (Phi) is 7.61. The summed E-state index contributed by atoms with van der Waals surface area (Å²) in [6.07, 6.45) is 0.834. The molecule has 0 saturated heterocycles. The highest BCUT2D eigenvalue weighted by atomic mass is 16.5. The van der Waals surface area contributed by atoms with Crippen molar-refractivity contribution < 1.29 is 14.3 Å². The van der Waals surface area contributed by atoms with Crippen molar-refractivity contribution in [2.45, 2.75) is 19.4 Å². The first-order valence-corrected chi connectivity index (χ1v) is 10.00. The fourth-order valence-corrected chi connectivity index (χ4v) is 3.11. The second-order valence-corrected chi connectivity index (χ2v) is 7.05. The highest BCUT2D eigenvalue weighted by molar-refractivity contribution is 5.94. The summed E-state index contributed by atoms with van der Waals surface area (Å²) in [7, 11) is 0. The molecule has 0 aromatic heterocycles. The van der Waals surface area contributed by atoms with Crippen LogP contribution in [0.25, 0.3) is 0 Å². The lowest BCUT2D eigenvalue weighted by atomic mass is 10.1. The Morgan fingerprint density at radius 3 is 2.13 bits per heavy atom. The van der Waals surface area contributed by atoms with E-state index in [2.05, 4.69) is 0 Å². The quantitative estimate of drug-likeness (QED) is 0.560. The second-order valence-electron chi connectivity index (χ2n) is 7.05. The molecule has 3 aromatic rings. The van der Waals surface area contributed by atoms with Crippen LogP contribution in [0.4, 0.5) is 0 Å². The molecule has 30 heavy (non-hydrogen) atoms. The van der Waals surface area contributed by atoms with Crippen LogP contribution in [0, 0.1) is 0 Å². The van der Waals surface area contributed by atoms with E-state index in [1.807, 2.05) is 66.7 Å². The minimum absolute atomic E-state index is 0.130. The van der Waals surface area contributed by atoms with Crippen LogP contribution < -0.4 is 10.5 Å². The first-order chi connectivity index (χ1) is 14.6. The lowest BCUT2D eigenvalue weighted by Gasteiger charge is -2.22. The summed E-state index contributed by atoms with van der Waals surface area (Å²) in [5, 5.41) is 0. The number of carbonyl (C=O) groups is 2. The average Bonchev–Trinajstić information content (AvgIpc) is 2.79. The van der Waals surface area contributed by atoms with Crippen LogP contribution in [0.1, 0.15) is 27.9 Å². The zero-order valence-corrected chi connectivity index (χ0v) is 16.9. The number of hydrogen-bond donors (Lipinski definition) is 1. The lowest BCUT2D eigenvalue weighted by molar-refractivity contribution is -0.118. The Morgan fingerprint density at radius 1 is 0.800 bits per heavy atom. The van der Waals surface area contributed by atoms with Crippen molar-refractivity contribution in [1.29, 1.82) is 0 Å². The number of rotatable bonds is 10. The SMILES string of the molecule is NC(=O)CCN(CCc1ccccc1)C(=O)c1cccc(OCc2ccccc2)c1. The van der Waals surface area contributed by atoms with Crippen molar-refractivity contribution in [3.63, 3.8) is 0 Å². The highest BCUT2D eigenvalue weighted by Crippen LogP contribution is 2.17. The molecule has 5 nitrogen and oxygen atoms in total. The molecule has 0 bridgehead atoms. The van der Waals surface area contributed by atoms with Crippen LogP contribution in [-0.2, 0) is 17.8 Å². The molecular formula is C25H26N2O3. The standard InChI is InChI=1S/C25H26N2O3/c26-24(28)15-17-27(16-14-20-8-3-1-4-9-20)25(29)22-12-7-13-23(18-22)30-19-21-10-5-2-6-11-21/h1-13,18H,14-17,19H2,(H2,26,28). The maximum Gasteiger partial charge on any atom is 0.254 e. The average molecular weight is 402 g/mol. The number of ether oxygens (including phenoxy) is 1. The summed E-state index contributed by atoms with van der Waals surface area (Å²) in [6.45, 7) is 1.22. The summed E-state index contributed by atoms with van der Waals surface area (Å²) < 4.78 is 5.85. The molecule has 0 saturated carbocycles. The van der Waals surface area contributed by atoms with Gasteiger partial charge in [0.1, 0.15) is 12.4 Å². The van der Waals surface area contributed by atoms with E-state index in [1.165, 1.54) is 0 Å². The normalized spacial score (nSPS) is 10.4. The van der Waals surface area contributed by atoms with Crippen LogP contribution >= 0.6 is 0 Å². The van der Waals surface area contributed by atoms with Crippen LogP contribution in [0.2, 0.25) is 0 Å². The van der Waals surface area contributed by atoms with Gasteiger partial charge in [0, 0.05) is 25.1 Å². The summed E-state index contributed by atoms with van der Waals surface area (Å²) in [4.78, 5) is 26.1. The third-order valence-corrected chi connectivity index (χ3v) is 4.76. The molecule has 2 amide bonds. The Bertz CT molecular complexity index is 958. The molecule has 0 atom stereocenters. The van der Waals surface area contributed by atoms with Crippen LogP contribution in [0.5, 0.6) is 5.75 Å². The summed E-state index contributed by atoms with van der Waals surface area (Å²) in [5.74, 6) is 0.0624. The summed E-state index contributed by atoms with van der Waals surface area (Å²) in [5.41, 5.74) is 8.02. The van der Waals surface area contributed by atoms with Crippen molar-refractivity contribution in [3.8, 4) is 5.75 Å². The van der Waals surface area contributed by atoms with Gasteiger partial charge in [-0.1, -0.05) is 66.7 Å². The number of nitrogens with zero attached hydrogens (tertiary/aromatic N) is 1. The fraction of sp³-hybridized carbons (Fsp3) is 0.200. The molecule has 0 radical (unpaired) electrons. The molecule has 0 heterocycles. The van der Waals surface area contributed by atoms with Crippen molar-refractivity contribution in [2.75, 3.05) is 13.1 Å². The molecule has 5 heteroatoms. The smallest absolute Gasteiger partial charge is 0.254 e. The van der Waals surface area contributed by atoms with E-state index in [9.17, 15) is 9.59 Å². The molecule has 0 aliphatic heterocycles. The molecular weight excluding hydrogens is 376 g/mol. The minimum atomic E-state index is -0.424. The van der Waals surface area contributed by atoms with Gasteiger partial charge >= 0.3 is 0 Å². The van der Waals surface area contributed by atoms with E-state index in [-0.39, 0.29) is 18.9 Å². The number of amides is 2. The largest absolute Gasteiger partial charge is 0.489 e. The molecule has 0 fully saturated rings. The van der Waals surface area contributed by atoms with Crippen LogP contribution in [0.15, 0.2) is 84.9 Å². The Hall–Kier alpha value is -3.60. The number of carbonyl (C=O) groups excluding carboxylic acids is 2. The van der Waals surface area contributed by atoms with Crippen LogP contribution in [-0.4, -0.2) is 29.8 Å². The van der Waals surface area contributed by atoms with Gasteiger partial charge in [-0.2, -0.15) is 0 Å². The van der Waals surface area contributed by atoms with Gasteiger partial charge in [-0.15, -0.1) is 0 Å². The van der Waals surface area contributed by atoms with Crippen molar-refractivity contribution in [2.24, 2.45) is 5.73 Å². The maximum absolute atomic E-state index is 13.1. The van der Waals surface area contributed by atoms with E-state index < -0.39 is 5.91 Å². The van der Waals surface area contributed by atoms with Crippen molar-refractivity contribution in [3.05, 3.63) is 102 Å². The Balaban J connectivity index is 1.68. The minimum Gasteiger partial charge on any atom is -0.489 e. The topological polar surface area (TPSA) is 72.6 Å². The molecule has 154 valence electrons. The predicted octanol–water partition coefficient (Wildman–Crippen LogP) is 3.83. The first-order valence-electron chi connectivity index (χ1n) is 10.00. The Morgan fingerprint density at radius 2 is 1.47 bits per heavy atom. The highest BCUT2D eigenvalue weighted by Gasteiger charge is 2.17. The summed E-state index contributed by atoms with van der Waals surface area (Å²) in [6, 6.07) is 26.9. The van der Waals surface area contributed by atoms with Gasteiger partial charge in [-0.3, -0.25) is 9.59 Å². The number of hydrogen-bond acceptors (Lipinski definition) is 3. The second kappa shape index (κ2) is 10.8. The fourth-order valence-electron chi connectivity index (χ4n) is 3.11. The Labute approximate surface area is 177 Å². The molecule has 3 aromatic carbocycles. The van der Waals surface area contributed by atoms with E-state index in [0.29, 0.717) is 30.9 Å². The van der Waals surface area contributed by atoms with Gasteiger partial charge in [-0.25, -0.2) is 0 Å². The van der Waals surface area contributed by atoms with Crippen molar-refractivity contribution >= 4 is 11.8 Å². The number of benzene rings is 3. The third-order valence-electron chi connectivity index (χ3n) is 4.76. The van der Waals surface area contributed by atoms with Gasteiger partial charge in [0.2, 0.25) is 5.91 Å². The molecule has 2 N–H and O–H groups in total. The molecule has 0 aliphatic rings. The molecule has 0 unspecified atom stereocenters. The summed E-state index contributed by atoms with van der Waals surface area (Å²) >= 11 is 0. The van der Waals surface area contributed by atoms with Gasteiger partial charge in [0.25, 0.3) is 5.91 Å². The van der Waals surface area contributed by atoms with Crippen LogP contribution in [0.3, 0.4) is 0 Å². The van der Waals surface area contributed by atoms with E-state index in [4.69, 9.17) is 10.5 Å². The van der Waals surface area contributed by atoms with Gasteiger partial charge in [0.15, 0.2) is 0 Å². The predicted molar refractivity (Wildman–Crippen MR) is 117 cm³/mol. The maximum atomic E-state index is 13.1.